The summed E-state index contributed by atoms with van der Waals surface area (Å²) < 4.78 is 5.10. The zero-order valence-electron chi connectivity index (χ0n) is 9.81. The van der Waals surface area contributed by atoms with Gasteiger partial charge in [-0.3, -0.25) is 0 Å². The molecule has 0 bridgehead atoms. The van der Waals surface area contributed by atoms with E-state index in [1.54, 1.807) is 0 Å². The number of alkyl carbamates (subject to hydrolysis) is 1. The maximum Gasteiger partial charge on any atom is 0.407 e. The van der Waals surface area contributed by atoms with E-state index in [9.17, 15) is 4.79 Å². The average molecular weight is 199 g/mol. The van der Waals surface area contributed by atoms with Crippen LogP contribution in [0.25, 0.3) is 0 Å². The Bertz CT molecular complexity index is 214. The number of hydrogen-bond donors (Lipinski definition) is 1. The molecule has 0 fully saturated rings. The second-order valence-electron chi connectivity index (χ2n) is 4.16. The summed E-state index contributed by atoms with van der Waals surface area (Å²) in [6.07, 6.45) is 2.61. The molecule has 0 aliphatic carbocycles. The highest BCUT2D eigenvalue weighted by molar-refractivity contribution is 5.68. The molecule has 1 N–H and O–H groups in total. The molecule has 0 radical (unpaired) electrons. The van der Waals surface area contributed by atoms with Crippen molar-refractivity contribution in [3.05, 3.63) is 11.6 Å². The molecule has 1 amide bonds. The summed E-state index contributed by atoms with van der Waals surface area (Å²) >= 11 is 0. The van der Waals surface area contributed by atoms with E-state index in [-0.39, 0.29) is 6.09 Å². The van der Waals surface area contributed by atoms with Gasteiger partial charge in [0.1, 0.15) is 5.60 Å². The summed E-state index contributed by atoms with van der Waals surface area (Å²) in [5.41, 5.74) is 0.780. The minimum atomic E-state index is -0.424. The van der Waals surface area contributed by atoms with Gasteiger partial charge in [-0.1, -0.05) is 18.6 Å². The number of carbonyl (C=O) groups excluding carboxylic acids is 1. The zero-order valence-corrected chi connectivity index (χ0v) is 9.81. The summed E-state index contributed by atoms with van der Waals surface area (Å²) in [6.45, 7) is 10.2. The van der Waals surface area contributed by atoms with Gasteiger partial charge in [-0.2, -0.15) is 0 Å². The van der Waals surface area contributed by atoms with Crippen LogP contribution in [0.5, 0.6) is 0 Å². The lowest BCUT2D eigenvalue weighted by Crippen LogP contribution is -2.33. The highest BCUT2D eigenvalue weighted by Crippen LogP contribution is 2.06. The molecule has 0 saturated carbocycles. The maximum atomic E-state index is 11.2. The van der Waals surface area contributed by atoms with Crippen molar-refractivity contribution < 1.29 is 9.53 Å². The van der Waals surface area contributed by atoms with Crippen LogP contribution in [0.1, 0.15) is 41.0 Å². The lowest BCUT2D eigenvalue weighted by Gasteiger charge is -2.19. The van der Waals surface area contributed by atoms with Crippen LogP contribution < -0.4 is 5.32 Å². The van der Waals surface area contributed by atoms with Crippen LogP contribution in [0.15, 0.2) is 11.6 Å². The van der Waals surface area contributed by atoms with Crippen molar-refractivity contribution >= 4 is 6.09 Å². The maximum absolute atomic E-state index is 11.2. The Balaban J connectivity index is 3.86. The van der Waals surface area contributed by atoms with Crippen molar-refractivity contribution in [2.24, 2.45) is 0 Å². The number of ether oxygens (including phenoxy) is 1. The summed E-state index contributed by atoms with van der Waals surface area (Å²) in [4.78, 5) is 11.2. The first kappa shape index (κ1) is 13.0. The fourth-order valence-electron chi connectivity index (χ4n) is 0.931. The van der Waals surface area contributed by atoms with Gasteiger partial charge in [0.25, 0.3) is 0 Å². The Morgan fingerprint density at radius 2 is 2.00 bits per heavy atom. The minimum absolute atomic E-state index is 0.356. The molecule has 0 aromatic carbocycles. The topological polar surface area (TPSA) is 38.3 Å². The molecular weight excluding hydrogens is 178 g/mol. The summed E-state index contributed by atoms with van der Waals surface area (Å²) in [5.74, 6) is 0. The second-order valence-corrected chi connectivity index (χ2v) is 4.16. The number of amides is 1. The van der Waals surface area contributed by atoms with Crippen molar-refractivity contribution in [3.63, 3.8) is 0 Å². The minimum Gasteiger partial charge on any atom is -0.444 e. The highest BCUT2D eigenvalue weighted by atomic mass is 16.6. The molecule has 0 aliphatic heterocycles. The third kappa shape index (κ3) is 6.52. The first-order valence-electron chi connectivity index (χ1n) is 5.00. The lowest BCUT2D eigenvalue weighted by atomic mass is 10.2. The Morgan fingerprint density at radius 3 is 2.36 bits per heavy atom. The second kappa shape index (κ2) is 5.68. The van der Waals surface area contributed by atoms with Gasteiger partial charge in [-0.05, 0) is 34.1 Å². The molecular formula is C11H21NO2. The molecule has 0 atom stereocenters. The number of rotatable bonds is 3. The van der Waals surface area contributed by atoms with Crippen LogP contribution in [-0.4, -0.2) is 18.2 Å². The van der Waals surface area contributed by atoms with Gasteiger partial charge in [-0.25, -0.2) is 4.79 Å². The Labute approximate surface area is 86.5 Å². The van der Waals surface area contributed by atoms with E-state index in [2.05, 4.69) is 12.2 Å². The van der Waals surface area contributed by atoms with E-state index < -0.39 is 5.60 Å². The van der Waals surface area contributed by atoms with Crippen molar-refractivity contribution in [2.45, 2.75) is 46.6 Å². The summed E-state index contributed by atoms with van der Waals surface area (Å²) in [5, 5.41) is 2.71. The zero-order chi connectivity index (χ0) is 11.2. The Hall–Kier alpha value is -0.990. The molecule has 3 nitrogen and oxygen atoms in total. The lowest BCUT2D eigenvalue weighted by molar-refractivity contribution is 0.0532. The van der Waals surface area contributed by atoms with Crippen LogP contribution in [0.4, 0.5) is 4.79 Å². The highest BCUT2D eigenvalue weighted by Gasteiger charge is 2.15. The standard InChI is InChI=1S/C11H21NO2/c1-6-9(7-2)8-12-10(13)14-11(3,4)5/h6H,7-8H2,1-5H3,(H,12,13)/b9-6+. The van der Waals surface area contributed by atoms with Gasteiger partial charge in [0, 0.05) is 6.54 Å². The molecule has 0 unspecified atom stereocenters. The van der Waals surface area contributed by atoms with E-state index in [0.29, 0.717) is 6.54 Å². The molecule has 0 saturated heterocycles. The molecule has 82 valence electrons. The molecule has 0 aliphatic rings. The number of hydrogen-bond acceptors (Lipinski definition) is 2. The Kier molecular flexibility index (Phi) is 5.28. The van der Waals surface area contributed by atoms with Crippen LogP contribution in [0.3, 0.4) is 0 Å². The first-order chi connectivity index (χ1) is 6.39. The van der Waals surface area contributed by atoms with Crippen LogP contribution in [0, 0.1) is 0 Å². The van der Waals surface area contributed by atoms with Gasteiger partial charge in [0.15, 0.2) is 0 Å². The van der Waals surface area contributed by atoms with Crippen molar-refractivity contribution in [3.8, 4) is 0 Å². The van der Waals surface area contributed by atoms with E-state index in [4.69, 9.17) is 4.74 Å². The van der Waals surface area contributed by atoms with Gasteiger partial charge < -0.3 is 10.1 Å². The van der Waals surface area contributed by atoms with E-state index in [1.165, 1.54) is 5.57 Å². The van der Waals surface area contributed by atoms with E-state index >= 15 is 0 Å². The van der Waals surface area contributed by atoms with Crippen LogP contribution >= 0.6 is 0 Å². The molecule has 0 aromatic rings. The largest absolute Gasteiger partial charge is 0.444 e. The number of allylic oxidation sites excluding steroid dienone is 1. The van der Waals surface area contributed by atoms with Crippen LogP contribution in [-0.2, 0) is 4.74 Å². The number of nitrogens with one attached hydrogen (secondary N) is 1. The van der Waals surface area contributed by atoms with Crippen molar-refractivity contribution in [2.75, 3.05) is 6.54 Å². The quantitative estimate of drug-likeness (QED) is 0.710. The molecule has 0 spiro atoms. The molecule has 14 heavy (non-hydrogen) atoms. The average Bonchev–Trinajstić information content (AvgIpc) is 2.03. The third-order valence-corrected chi connectivity index (χ3v) is 1.72. The Morgan fingerprint density at radius 1 is 1.43 bits per heavy atom. The van der Waals surface area contributed by atoms with Crippen LogP contribution in [0.2, 0.25) is 0 Å². The van der Waals surface area contributed by atoms with E-state index in [0.717, 1.165) is 6.42 Å². The first-order valence-corrected chi connectivity index (χ1v) is 5.00. The SMILES string of the molecule is C/C=C(\CC)CNC(=O)OC(C)(C)C. The van der Waals surface area contributed by atoms with Crippen molar-refractivity contribution in [1.82, 2.24) is 5.32 Å². The van der Waals surface area contributed by atoms with Gasteiger partial charge in [-0.15, -0.1) is 0 Å². The third-order valence-electron chi connectivity index (χ3n) is 1.72. The van der Waals surface area contributed by atoms with Gasteiger partial charge in [0.2, 0.25) is 0 Å². The predicted octanol–water partition coefficient (Wildman–Crippen LogP) is 2.87. The monoisotopic (exact) mass is 199 g/mol. The number of carbonyl (C=O) groups is 1. The fraction of sp³-hybridized carbons (Fsp3) is 0.727. The molecule has 0 heterocycles. The normalized spacial score (nSPS) is 12.5. The van der Waals surface area contributed by atoms with Crippen molar-refractivity contribution in [1.29, 1.82) is 0 Å². The smallest absolute Gasteiger partial charge is 0.407 e. The van der Waals surface area contributed by atoms with Gasteiger partial charge >= 0.3 is 6.09 Å². The fourth-order valence-corrected chi connectivity index (χ4v) is 0.931. The molecule has 0 rings (SSSR count). The molecule has 3 heteroatoms. The predicted molar refractivity (Wildman–Crippen MR) is 58.3 cm³/mol. The van der Waals surface area contributed by atoms with E-state index in [1.807, 2.05) is 33.8 Å². The van der Waals surface area contributed by atoms with Gasteiger partial charge in [0.05, 0.1) is 0 Å². The summed E-state index contributed by atoms with van der Waals surface area (Å²) in [7, 11) is 0. The summed E-state index contributed by atoms with van der Waals surface area (Å²) in [6, 6.07) is 0. The molecule has 0 aromatic heterocycles.